The first kappa shape index (κ1) is 18.4. The first-order valence-electron chi connectivity index (χ1n) is 6.70. The Kier molecular flexibility index (Phi) is 7.65. The minimum atomic E-state index is -2.94. The van der Waals surface area contributed by atoms with Crippen molar-refractivity contribution in [3.8, 4) is 0 Å². The Balaban J connectivity index is 2.60. The molecular formula is C14H23BrN2O3S. The molecule has 0 saturated carbocycles. The molecule has 21 heavy (non-hydrogen) atoms. The number of halogens is 1. The molecule has 0 radical (unpaired) electrons. The molecule has 0 atom stereocenters. The zero-order valence-electron chi connectivity index (χ0n) is 12.7. The Morgan fingerprint density at radius 3 is 2.67 bits per heavy atom. The SMILES string of the molecule is COCCNCc1ccc(N(C)CCS(C)(=O)=O)cc1Br. The van der Waals surface area contributed by atoms with Crippen LogP contribution in [0.25, 0.3) is 0 Å². The van der Waals surface area contributed by atoms with Crippen molar-refractivity contribution in [3.05, 3.63) is 28.2 Å². The van der Waals surface area contributed by atoms with E-state index in [1.807, 2.05) is 30.1 Å². The van der Waals surface area contributed by atoms with Gasteiger partial charge in [0.15, 0.2) is 0 Å². The molecule has 0 spiro atoms. The minimum Gasteiger partial charge on any atom is -0.383 e. The summed E-state index contributed by atoms with van der Waals surface area (Å²) in [5, 5.41) is 3.29. The van der Waals surface area contributed by atoms with Crippen molar-refractivity contribution in [2.24, 2.45) is 0 Å². The van der Waals surface area contributed by atoms with Crippen LogP contribution < -0.4 is 10.2 Å². The van der Waals surface area contributed by atoms with E-state index in [1.165, 1.54) is 6.26 Å². The standard InChI is InChI=1S/C14H23BrN2O3S/c1-17(7-9-21(3,18)19)13-5-4-12(14(15)10-13)11-16-6-8-20-2/h4-5,10,16H,6-9,11H2,1-3H3. The maximum Gasteiger partial charge on any atom is 0.149 e. The molecule has 5 nitrogen and oxygen atoms in total. The molecule has 0 aliphatic carbocycles. The number of anilines is 1. The first-order valence-corrected chi connectivity index (χ1v) is 9.56. The van der Waals surface area contributed by atoms with E-state index in [2.05, 4.69) is 21.2 Å². The summed E-state index contributed by atoms with van der Waals surface area (Å²) < 4.78 is 28.4. The molecular weight excluding hydrogens is 356 g/mol. The minimum absolute atomic E-state index is 0.154. The highest BCUT2D eigenvalue weighted by Gasteiger charge is 2.08. The van der Waals surface area contributed by atoms with Gasteiger partial charge in [-0.1, -0.05) is 22.0 Å². The molecule has 0 heterocycles. The lowest BCUT2D eigenvalue weighted by atomic mass is 10.2. The van der Waals surface area contributed by atoms with E-state index in [4.69, 9.17) is 4.74 Å². The van der Waals surface area contributed by atoms with Crippen LogP contribution in [-0.4, -0.2) is 54.3 Å². The summed E-state index contributed by atoms with van der Waals surface area (Å²) in [6.45, 7) is 2.73. The summed E-state index contributed by atoms with van der Waals surface area (Å²) in [6, 6.07) is 6.05. The molecule has 0 fully saturated rings. The third kappa shape index (κ3) is 7.26. The zero-order chi connectivity index (χ0) is 15.9. The quantitative estimate of drug-likeness (QED) is 0.662. The van der Waals surface area contributed by atoms with Gasteiger partial charge in [-0.15, -0.1) is 0 Å². The van der Waals surface area contributed by atoms with Gasteiger partial charge in [0.05, 0.1) is 12.4 Å². The highest BCUT2D eigenvalue weighted by Crippen LogP contribution is 2.23. The molecule has 1 N–H and O–H groups in total. The van der Waals surface area contributed by atoms with Crippen molar-refractivity contribution in [2.45, 2.75) is 6.54 Å². The summed E-state index contributed by atoms with van der Waals surface area (Å²) in [7, 11) is 0.633. The monoisotopic (exact) mass is 378 g/mol. The van der Waals surface area contributed by atoms with Crippen LogP contribution in [0.15, 0.2) is 22.7 Å². The van der Waals surface area contributed by atoms with Gasteiger partial charge in [0.25, 0.3) is 0 Å². The van der Waals surface area contributed by atoms with Crippen molar-refractivity contribution >= 4 is 31.5 Å². The van der Waals surface area contributed by atoms with E-state index in [9.17, 15) is 8.42 Å². The Bertz CT molecular complexity index is 549. The van der Waals surface area contributed by atoms with Gasteiger partial charge in [-0.3, -0.25) is 0 Å². The molecule has 1 aromatic rings. The number of benzene rings is 1. The fraction of sp³-hybridized carbons (Fsp3) is 0.571. The largest absolute Gasteiger partial charge is 0.383 e. The van der Waals surface area contributed by atoms with Crippen LogP contribution in [0.1, 0.15) is 5.56 Å². The lowest BCUT2D eigenvalue weighted by Crippen LogP contribution is -2.25. The van der Waals surface area contributed by atoms with Crippen LogP contribution in [0.2, 0.25) is 0 Å². The predicted molar refractivity (Wildman–Crippen MR) is 90.7 cm³/mol. The van der Waals surface area contributed by atoms with Crippen LogP contribution in [0.5, 0.6) is 0 Å². The lowest BCUT2D eigenvalue weighted by Gasteiger charge is -2.20. The first-order chi connectivity index (χ1) is 9.83. The van der Waals surface area contributed by atoms with Crippen molar-refractivity contribution < 1.29 is 13.2 Å². The van der Waals surface area contributed by atoms with E-state index < -0.39 is 9.84 Å². The van der Waals surface area contributed by atoms with Gasteiger partial charge in [-0.05, 0) is 17.7 Å². The number of rotatable bonds is 9. The van der Waals surface area contributed by atoms with Gasteiger partial charge < -0.3 is 15.0 Å². The third-order valence-electron chi connectivity index (χ3n) is 3.07. The molecule has 1 rings (SSSR count). The van der Waals surface area contributed by atoms with Gasteiger partial charge in [0, 0.05) is 50.2 Å². The Hall–Kier alpha value is -0.630. The Morgan fingerprint density at radius 2 is 2.10 bits per heavy atom. The fourth-order valence-electron chi connectivity index (χ4n) is 1.75. The maximum atomic E-state index is 11.2. The number of hydrogen-bond acceptors (Lipinski definition) is 5. The van der Waals surface area contributed by atoms with Gasteiger partial charge in [0.1, 0.15) is 9.84 Å². The molecule has 7 heteroatoms. The van der Waals surface area contributed by atoms with Crippen LogP contribution in [-0.2, 0) is 21.1 Å². The average Bonchev–Trinajstić information content (AvgIpc) is 2.41. The highest BCUT2D eigenvalue weighted by molar-refractivity contribution is 9.10. The number of nitrogens with zero attached hydrogens (tertiary/aromatic N) is 1. The summed E-state index contributed by atoms with van der Waals surface area (Å²) >= 11 is 3.56. The zero-order valence-corrected chi connectivity index (χ0v) is 15.1. The van der Waals surface area contributed by atoms with E-state index in [0.29, 0.717) is 13.2 Å². The van der Waals surface area contributed by atoms with Gasteiger partial charge >= 0.3 is 0 Å². The van der Waals surface area contributed by atoms with E-state index >= 15 is 0 Å². The smallest absolute Gasteiger partial charge is 0.149 e. The number of sulfone groups is 1. The molecule has 0 aliphatic heterocycles. The molecule has 1 aromatic carbocycles. The molecule has 0 amide bonds. The van der Waals surface area contributed by atoms with Crippen molar-refractivity contribution in [1.82, 2.24) is 5.32 Å². The molecule has 0 aliphatic rings. The van der Waals surface area contributed by atoms with Gasteiger partial charge in [-0.25, -0.2) is 8.42 Å². The normalized spacial score (nSPS) is 11.6. The maximum absolute atomic E-state index is 11.2. The van der Waals surface area contributed by atoms with E-state index in [1.54, 1.807) is 7.11 Å². The molecule has 0 aromatic heterocycles. The second-order valence-corrected chi connectivity index (χ2v) is 8.11. The summed E-state index contributed by atoms with van der Waals surface area (Å²) in [5.74, 6) is 0.154. The van der Waals surface area contributed by atoms with Crippen molar-refractivity contribution in [2.75, 3.05) is 50.8 Å². The van der Waals surface area contributed by atoms with Crippen LogP contribution in [0.3, 0.4) is 0 Å². The van der Waals surface area contributed by atoms with Crippen molar-refractivity contribution in [1.29, 1.82) is 0 Å². The third-order valence-corrected chi connectivity index (χ3v) is 4.74. The van der Waals surface area contributed by atoms with Crippen LogP contribution >= 0.6 is 15.9 Å². The molecule has 120 valence electrons. The number of ether oxygens (including phenoxy) is 1. The number of methoxy groups -OCH3 is 1. The second-order valence-electron chi connectivity index (χ2n) is 5.00. The fourth-order valence-corrected chi connectivity index (χ4v) is 2.86. The highest BCUT2D eigenvalue weighted by atomic mass is 79.9. The van der Waals surface area contributed by atoms with E-state index in [0.717, 1.165) is 28.8 Å². The molecule has 0 saturated heterocycles. The average molecular weight is 379 g/mol. The Labute approximate surface area is 135 Å². The van der Waals surface area contributed by atoms with Crippen molar-refractivity contribution in [3.63, 3.8) is 0 Å². The number of hydrogen-bond donors (Lipinski definition) is 1. The molecule has 0 bridgehead atoms. The summed E-state index contributed by atoms with van der Waals surface area (Å²) in [5.41, 5.74) is 2.15. The van der Waals surface area contributed by atoms with Crippen LogP contribution in [0, 0.1) is 0 Å². The lowest BCUT2D eigenvalue weighted by molar-refractivity contribution is 0.199. The number of nitrogens with one attached hydrogen (secondary N) is 1. The predicted octanol–water partition coefficient (Wildman–Crippen LogP) is 1.67. The second kappa shape index (κ2) is 8.73. The summed E-state index contributed by atoms with van der Waals surface area (Å²) in [4.78, 5) is 1.94. The van der Waals surface area contributed by atoms with Crippen LogP contribution in [0.4, 0.5) is 5.69 Å². The summed E-state index contributed by atoms with van der Waals surface area (Å²) in [6.07, 6.45) is 1.26. The Morgan fingerprint density at radius 1 is 1.38 bits per heavy atom. The molecule has 0 unspecified atom stereocenters. The van der Waals surface area contributed by atoms with Gasteiger partial charge in [0.2, 0.25) is 0 Å². The van der Waals surface area contributed by atoms with E-state index in [-0.39, 0.29) is 5.75 Å². The van der Waals surface area contributed by atoms with Gasteiger partial charge in [-0.2, -0.15) is 0 Å². The topological polar surface area (TPSA) is 58.6 Å².